The Morgan fingerprint density at radius 3 is 2.56 bits per heavy atom. The molecule has 36 heavy (non-hydrogen) atoms. The van der Waals surface area contributed by atoms with Gasteiger partial charge in [-0.2, -0.15) is 0 Å². The van der Waals surface area contributed by atoms with Crippen molar-refractivity contribution in [3.8, 4) is 0 Å². The molecule has 2 aromatic rings. The molecule has 0 radical (unpaired) electrons. The first-order valence-electron chi connectivity index (χ1n) is 11.4. The topological polar surface area (TPSA) is 138 Å². The van der Waals surface area contributed by atoms with Crippen LogP contribution in [-0.2, 0) is 20.8 Å². The Hall–Kier alpha value is -3.14. The average molecular weight is 536 g/mol. The van der Waals surface area contributed by atoms with Crippen LogP contribution in [0.1, 0.15) is 41.4 Å². The van der Waals surface area contributed by atoms with Crippen molar-refractivity contribution in [3.63, 3.8) is 0 Å². The highest BCUT2D eigenvalue weighted by molar-refractivity contribution is 6.39. The van der Waals surface area contributed by atoms with Gasteiger partial charge in [0.2, 0.25) is 5.91 Å². The summed E-state index contributed by atoms with van der Waals surface area (Å²) in [7, 11) is 0. The zero-order valence-corrected chi connectivity index (χ0v) is 21.1. The standard InChI is InChI=1S/C25H27Cl2N3O6/c1-14-9-20(28-12-14)23(32)29-13-21(25(34)35)30-24(33)22-18(26)10-15(11-19(22)27)4-5-16(31)6-7-17-3-2-8-36-17/h2-3,6-8,10-11,14,20-21,28H,4-5,9,12-13H2,1H3,(H,29,32)(H,30,33)(H,34,35)/b7-6+/t14-,20+,21-/m0/s1. The van der Waals surface area contributed by atoms with Crippen molar-refractivity contribution in [3.05, 3.63) is 63.5 Å². The maximum atomic E-state index is 12.8. The summed E-state index contributed by atoms with van der Waals surface area (Å²) in [6.45, 7) is 2.42. The molecule has 11 heteroatoms. The highest BCUT2D eigenvalue weighted by Crippen LogP contribution is 2.27. The van der Waals surface area contributed by atoms with Crippen molar-refractivity contribution in [2.75, 3.05) is 13.1 Å². The van der Waals surface area contributed by atoms with E-state index in [2.05, 4.69) is 16.0 Å². The molecule has 4 N–H and O–H groups in total. The molecule has 2 heterocycles. The maximum Gasteiger partial charge on any atom is 0.328 e. The number of aliphatic carboxylic acids is 1. The van der Waals surface area contributed by atoms with E-state index in [-0.39, 0.29) is 40.3 Å². The Morgan fingerprint density at radius 2 is 1.97 bits per heavy atom. The number of nitrogens with one attached hydrogen (secondary N) is 3. The molecule has 9 nitrogen and oxygen atoms in total. The molecule has 0 unspecified atom stereocenters. The summed E-state index contributed by atoms with van der Waals surface area (Å²) in [6.07, 6.45) is 5.67. The van der Waals surface area contributed by atoms with Gasteiger partial charge in [0, 0.05) is 13.0 Å². The number of hydrogen-bond acceptors (Lipinski definition) is 6. The van der Waals surface area contributed by atoms with Gasteiger partial charge in [-0.1, -0.05) is 30.1 Å². The third-order valence-corrected chi connectivity index (χ3v) is 6.31. The maximum absolute atomic E-state index is 12.8. The molecule has 3 atom stereocenters. The summed E-state index contributed by atoms with van der Waals surface area (Å²) in [5, 5.41) is 17.5. The fourth-order valence-electron chi connectivity index (χ4n) is 3.77. The summed E-state index contributed by atoms with van der Waals surface area (Å²) in [4.78, 5) is 48.8. The number of ketones is 1. The number of aryl methyl sites for hydroxylation is 1. The molecule has 1 aliphatic heterocycles. The molecular formula is C25H27Cl2N3O6. The second-order valence-electron chi connectivity index (χ2n) is 8.66. The number of hydrogen-bond donors (Lipinski definition) is 4. The minimum absolute atomic E-state index is 0.0193. The van der Waals surface area contributed by atoms with E-state index in [9.17, 15) is 24.3 Å². The van der Waals surface area contributed by atoms with Crippen molar-refractivity contribution in [1.29, 1.82) is 0 Å². The van der Waals surface area contributed by atoms with Crippen LogP contribution in [0, 0.1) is 5.92 Å². The van der Waals surface area contributed by atoms with Crippen LogP contribution in [0.15, 0.2) is 41.0 Å². The fourth-order valence-corrected chi connectivity index (χ4v) is 4.47. The molecule has 1 aromatic carbocycles. The Kier molecular flexibility index (Phi) is 9.69. The van der Waals surface area contributed by atoms with Crippen LogP contribution in [-0.4, -0.2) is 53.8 Å². The van der Waals surface area contributed by atoms with Crippen LogP contribution < -0.4 is 16.0 Å². The molecule has 0 spiro atoms. The monoisotopic (exact) mass is 535 g/mol. The number of carboxylic acids is 1. The second-order valence-corrected chi connectivity index (χ2v) is 9.48. The number of furan rings is 1. The number of carbonyl (C=O) groups excluding carboxylic acids is 3. The van der Waals surface area contributed by atoms with Gasteiger partial charge < -0.3 is 25.5 Å². The smallest absolute Gasteiger partial charge is 0.328 e. The van der Waals surface area contributed by atoms with Crippen molar-refractivity contribution < 1.29 is 28.7 Å². The van der Waals surface area contributed by atoms with Crippen molar-refractivity contribution in [2.45, 2.75) is 38.3 Å². The van der Waals surface area contributed by atoms with E-state index in [1.165, 1.54) is 24.5 Å². The summed E-state index contributed by atoms with van der Waals surface area (Å²) >= 11 is 12.6. The SMILES string of the molecule is C[C@@H]1CN[C@@H](C(=O)NC[C@H](NC(=O)c2c(Cl)cc(CCC(=O)/C=C/c3ccco3)cc2Cl)C(=O)O)C1. The number of benzene rings is 1. The summed E-state index contributed by atoms with van der Waals surface area (Å²) in [6, 6.07) is 4.69. The number of rotatable bonds is 11. The molecule has 2 amide bonds. The summed E-state index contributed by atoms with van der Waals surface area (Å²) in [5.74, 6) is -1.65. The lowest BCUT2D eigenvalue weighted by Crippen LogP contribution is -2.51. The molecule has 192 valence electrons. The molecule has 0 saturated carbocycles. The fraction of sp³-hybridized carbons (Fsp3) is 0.360. The average Bonchev–Trinajstić information content (AvgIpc) is 3.50. The van der Waals surface area contributed by atoms with Gasteiger partial charge in [-0.15, -0.1) is 0 Å². The van der Waals surface area contributed by atoms with Crippen LogP contribution in [0.2, 0.25) is 10.0 Å². The Morgan fingerprint density at radius 1 is 1.25 bits per heavy atom. The quantitative estimate of drug-likeness (QED) is 0.324. The van der Waals surface area contributed by atoms with Crippen molar-refractivity contribution in [2.24, 2.45) is 5.92 Å². The highest BCUT2D eigenvalue weighted by atomic mass is 35.5. The third-order valence-electron chi connectivity index (χ3n) is 5.72. The highest BCUT2D eigenvalue weighted by Gasteiger charge is 2.29. The number of amides is 2. The Bertz CT molecular complexity index is 1130. The van der Waals surface area contributed by atoms with Crippen LogP contribution in [0.4, 0.5) is 0 Å². The molecule has 1 fully saturated rings. The minimum Gasteiger partial charge on any atom is -0.480 e. The van der Waals surface area contributed by atoms with E-state index in [1.54, 1.807) is 18.2 Å². The third kappa shape index (κ3) is 7.68. The van der Waals surface area contributed by atoms with E-state index in [4.69, 9.17) is 27.6 Å². The van der Waals surface area contributed by atoms with Gasteiger partial charge in [0.25, 0.3) is 5.91 Å². The molecule has 3 rings (SSSR count). The summed E-state index contributed by atoms with van der Waals surface area (Å²) in [5.41, 5.74) is 0.552. The van der Waals surface area contributed by atoms with E-state index < -0.39 is 24.0 Å². The number of carboxylic acid groups (broad SMARTS) is 1. The van der Waals surface area contributed by atoms with Gasteiger partial charge in [-0.25, -0.2) is 4.79 Å². The van der Waals surface area contributed by atoms with Gasteiger partial charge in [-0.3, -0.25) is 14.4 Å². The number of allylic oxidation sites excluding steroid dienone is 1. The van der Waals surface area contributed by atoms with Crippen LogP contribution >= 0.6 is 23.2 Å². The first-order valence-corrected chi connectivity index (χ1v) is 12.2. The lowest BCUT2D eigenvalue weighted by molar-refractivity contribution is -0.139. The zero-order chi connectivity index (χ0) is 26.2. The van der Waals surface area contributed by atoms with E-state index in [0.29, 0.717) is 36.6 Å². The molecular weight excluding hydrogens is 509 g/mol. The van der Waals surface area contributed by atoms with Crippen molar-refractivity contribution >= 4 is 52.8 Å². The van der Waals surface area contributed by atoms with Gasteiger partial charge in [0.1, 0.15) is 11.8 Å². The largest absolute Gasteiger partial charge is 0.480 e. The van der Waals surface area contributed by atoms with E-state index in [0.717, 1.165) is 0 Å². The molecule has 0 bridgehead atoms. The summed E-state index contributed by atoms with van der Waals surface area (Å²) < 4.78 is 5.14. The molecule has 1 saturated heterocycles. The predicted octanol–water partition coefficient (Wildman–Crippen LogP) is 3.10. The zero-order valence-electron chi connectivity index (χ0n) is 19.6. The number of carbonyl (C=O) groups is 4. The van der Waals surface area contributed by atoms with Crippen molar-refractivity contribution in [1.82, 2.24) is 16.0 Å². The lowest BCUT2D eigenvalue weighted by atomic mass is 10.0. The Labute approximate surface area is 218 Å². The first kappa shape index (κ1) is 27.4. The molecule has 1 aromatic heterocycles. The first-order chi connectivity index (χ1) is 17.1. The second kappa shape index (κ2) is 12.7. The van der Waals surface area contributed by atoms with E-state index in [1.807, 2.05) is 6.92 Å². The van der Waals surface area contributed by atoms with E-state index >= 15 is 0 Å². The predicted molar refractivity (Wildman–Crippen MR) is 135 cm³/mol. The number of halogens is 2. The van der Waals surface area contributed by atoms with Crippen LogP contribution in [0.5, 0.6) is 0 Å². The molecule has 0 aliphatic carbocycles. The van der Waals surface area contributed by atoms with Crippen LogP contribution in [0.25, 0.3) is 6.08 Å². The van der Waals surface area contributed by atoms with Gasteiger partial charge in [0.15, 0.2) is 5.78 Å². The minimum atomic E-state index is -1.38. The van der Waals surface area contributed by atoms with Gasteiger partial charge in [-0.05, 0) is 67.3 Å². The lowest BCUT2D eigenvalue weighted by Gasteiger charge is -2.18. The normalized spacial score (nSPS) is 18.2. The van der Waals surface area contributed by atoms with Crippen LogP contribution in [0.3, 0.4) is 0 Å². The van der Waals surface area contributed by atoms with Gasteiger partial charge >= 0.3 is 5.97 Å². The molecule has 1 aliphatic rings. The van der Waals surface area contributed by atoms with Gasteiger partial charge in [0.05, 0.1) is 27.9 Å². The Balaban J connectivity index is 1.57.